The number of ether oxygens (including phenoxy) is 1. The van der Waals surface area contributed by atoms with Gasteiger partial charge in [-0.05, 0) is 54.0 Å². The van der Waals surface area contributed by atoms with Crippen molar-refractivity contribution in [2.75, 3.05) is 25.5 Å². The molecule has 0 aliphatic carbocycles. The monoisotopic (exact) mass is 401 g/mol. The highest BCUT2D eigenvalue weighted by Crippen LogP contribution is 2.29. The molecule has 3 aromatic rings. The van der Waals surface area contributed by atoms with Crippen LogP contribution in [0.25, 0.3) is 5.57 Å². The van der Waals surface area contributed by atoms with Crippen molar-refractivity contribution in [2.24, 2.45) is 0 Å². The van der Waals surface area contributed by atoms with Crippen molar-refractivity contribution in [3.05, 3.63) is 84.1 Å². The molecule has 0 saturated heterocycles. The maximum Gasteiger partial charge on any atom is 0.257 e. The first-order valence-electron chi connectivity index (χ1n) is 9.78. The number of carbonyl (C=O) groups is 1. The molecule has 4 rings (SSSR count). The third-order valence-electron chi connectivity index (χ3n) is 5.13. The van der Waals surface area contributed by atoms with Crippen LogP contribution in [0.1, 0.15) is 22.3 Å². The number of nitrogens with one attached hydrogen (secondary N) is 1. The second-order valence-electron chi connectivity index (χ2n) is 7.00. The molecule has 1 aromatic heterocycles. The van der Waals surface area contributed by atoms with Gasteiger partial charge in [0.2, 0.25) is 0 Å². The van der Waals surface area contributed by atoms with Crippen molar-refractivity contribution >= 4 is 23.0 Å². The van der Waals surface area contributed by atoms with Crippen LogP contribution >= 0.6 is 0 Å². The van der Waals surface area contributed by atoms with Crippen LogP contribution in [0.2, 0.25) is 0 Å². The van der Waals surface area contributed by atoms with Gasteiger partial charge in [-0.2, -0.15) is 0 Å². The minimum atomic E-state index is -0.0681. The van der Waals surface area contributed by atoms with E-state index in [1.807, 2.05) is 41.3 Å². The summed E-state index contributed by atoms with van der Waals surface area (Å²) in [4.78, 5) is 19.4. The summed E-state index contributed by atoms with van der Waals surface area (Å²) in [6.45, 7) is 1.15. The molecule has 1 amide bonds. The smallest absolute Gasteiger partial charge is 0.257 e. The van der Waals surface area contributed by atoms with Crippen LogP contribution in [0, 0.1) is 0 Å². The highest BCUT2D eigenvalue weighted by Gasteiger charge is 2.22. The number of hydrogen-bond donors (Lipinski definition) is 2. The van der Waals surface area contributed by atoms with Gasteiger partial charge in [0.25, 0.3) is 5.91 Å². The Morgan fingerprint density at radius 1 is 1.10 bits per heavy atom. The van der Waals surface area contributed by atoms with Gasteiger partial charge in [0.05, 0.1) is 18.4 Å². The van der Waals surface area contributed by atoms with Crippen LogP contribution in [-0.2, 0) is 0 Å². The average molecular weight is 401 g/mol. The van der Waals surface area contributed by atoms with Crippen LogP contribution < -0.4 is 10.1 Å². The standard InChI is InChI=1S/C24H23N3O3/c1-30-22-7-3-2-6-21(22)26-23-20(5-4-14-25-23)24(29)27-15-12-18(13-16-27)17-8-10-19(28)11-9-17/h2-12,14,28H,13,15-16H2,1H3,(H,25,26). The van der Waals surface area contributed by atoms with E-state index in [9.17, 15) is 9.90 Å². The Morgan fingerprint density at radius 3 is 2.63 bits per heavy atom. The number of benzene rings is 2. The quantitative estimate of drug-likeness (QED) is 0.660. The summed E-state index contributed by atoms with van der Waals surface area (Å²) < 4.78 is 5.39. The van der Waals surface area contributed by atoms with Gasteiger partial charge >= 0.3 is 0 Å². The Bertz CT molecular complexity index is 1080. The maximum absolute atomic E-state index is 13.2. The fourth-order valence-corrected chi connectivity index (χ4v) is 3.51. The average Bonchev–Trinajstić information content (AvgIpc) is 2.80. The fraction of sp³-hybridized carbons (Fsp3) is 0.167. The molecule has 0 unspecified atom stereocenters. The molecule has 2 aromatic carbocycles. The predicted molar refractivity (Wildman–Crippen MR) is 117 cm³/mol. The normalized spacial score (nSPS) is 13.5. The molecule has 0 saturated carbocycles. The highest BCUT2D eigenvalue weighted by molar-refractivity contribution is 6.00. The summed E-state index contributed by atoms with van der Waals surface area (Å²) in [5.74, 6) is 1.36. The summed E-state index contributed by atoms with van der Waals surface area (Å²) in [6.07, 6.45) is 4.48. The van der Waals surface area contributed by atoms with E-state index >= 15 is 0 Å². The van der Waals surface area contributed by atoms with Crippen molar-refractivity contribution in [3.8, 4) is 11.5 Å². The van der Waals surface area contributed by atoms with E-state index in [2.05, 4.69) is 16.4 Å². The minimum Gasteiger partial charge on any atom is -0.508 e. The predicted octanol–water partition coefficient (Wildman–Crippen LogP) is 4.47. The van der Waals surface area contributed by atoms with Crippen molar-refractivity contribution in [1.82, 2.24) is 9.88 Å². The molecular formula is C24H23N3O3. The number of phenols is 1. The molecule has 6 heteroatoms. The Hall–Kier alpha value is -3.80. The summed E-state index contributed by atoms with van der Waals surface area (Å²) in [5.41, 5.74) is 3.52. The number of rotatable bonds is 5. The number of amides is 1. The lowest BCUT2D eigenvalue weighted by Crippen LogP contribution is -2.35. The third kappa shape index (κ3) is 4.12. The molecule has 6 nitrogen and oxygen atoms in total. The number of nitrogens with zero attached hydrogens (tertiary/aromatic N) is 2. The van der Waals surface area contributed by atoms with Gasteiger partial charge < -0.3 is 20.1 Å². The van der Waals surface area contributed by atoms with Crippen LogP contribution in [0.5, 0.6) is 11.5 Å². The summed E-state index contributed by atoms with van der Waals surface area (Å²) >= 11 is 0. The largest absolute Gasteiger partial charge is 0.508 e. The first kappa shape index (κ1) is 19.5. The highest BCUT2D eigenvalue weighted by atomic mass is 16.5. The second kappa shape index (κ2) is 8.69. The molecule has 0 bridgehead atoms. The zero-order chi connectivity index (χ0) is 20.9. The first-order valence-corrected chi connectivity index (χ1v) is 9.78. The van der Waals surface area contributed by atoms with Gasteiger partial charge in [-0.3, -0.25) is 4.79 Å². The van der Waals surface area contributed by atoms with Gasteiger partial charge in [-0.15, -0.1) is 0 Å². The minimum absolute atomic E-state index is 0.0681. The van der Waals surface area contributed by atoms with E-state index in [1.54, 1.807) is 37.6 Å². The zero-order valence-electron chi connectivity index (χ0n) is 16.7. The molecule has 0 radical (unpaired) electrons. The first-order chi connectivity index (χ1) is 14.7. The number of carbonyl (C=O) groups excluding carboxylic acids is 1. The molecule has 0 fully saturated rings. The SMILES string of the molecule is COc1ccccc1Nc1ncccc1C(=O)N1CC=C(c2ccc(O)cc2)CC1. The number of anilines is 2. The maximum atomic E-state index is 13.2. The molecule has 1 aliphatic heterocycles. The summed E-state index contributed by atoms with van der Waals surface area (Å²) in [7, 11) is 1.61. The lowest BCUT2D eigenvalue weighted by atomic mass is 9.99. The second-order valence-corrected chi connectivity index (χ2v) is 7.00. The van der Waals surface area contributed by atoms with Crippen molar-refractivity contribution in [1.29, 1.82) is 0 Å². The van der Waals surface area contributed by atoms with Crippen molar-refractivity contribution < 1.29 is 14.6 Å². The van der Waals surface area contributed by atoms with Gasteiger partial charge in [-0.25, -0.2) is 4.98 Å². The van der Waals surface area contributed by atoms with Crippen LogP contribution in [0.15, 0.2) is 72.9 Å². The number of aromatic nitrogens is 1. The van der Waals surface area contributed by atoms with Crippen LogP contribution in [-0.4, -0.2) is 41.1 Å². The number of para-hydroxylation sites is 2. The Kier molecular flexibility index (Phi) is 5.66. The van der Waals surface area contributed by atoms with Gasteiger partial charge in [0, 0.05) is 19.3 Å². The Labute approximate surface area is 175 Å². The molecule has 2 heterocycles. The molecule has 1 aliphatic rings. The van der Waals surface area contributed by atoms with Crippen LogP contribution in [0.4, 0.5) is 11.5 Å². The van der Waals surface area contributed by atoms with E-state index < -0.39 is 0 Å². The van der Waals surface area contributed by atoms with E-state index in [0.29, 0.717) is 30.2 Å². The Morgan fingerprint density at radius 2 is 1.90 bits per heavy atom. The van der Waals surface area contributed by atoms with Gasteiger partial charge in [-0.1, -0.05) is 30.3 Å². The van der Waals surface area contributed by atoms with Gasteiger partial charge in [0.1, 0.15) is 17.3 Å². The molecule has 30 heavy (non-hydrogen) atoms. The lowest BCUT2D eigenvalue weighted by Gasteiger charge is -2.27. The van der Waals surface area contributed by atoms with E-state index in [0.717, 1.165) is 17.7 Å². The molecule has 0 spiro atoms. The lowest BCUT2D eigenvalue weighted by molar-refractivity contribution is 0.0773. The van der Waals surface area contributed by atoms with E-state index in [1.165, 1.54) is 5.57 Å². The van der Waals surface area contributed by atoms with Crippen LogP contribution in [0.3, 0.4) is 0 Å². The molecule has 0 atom stereocenters. The summed E-state index contributed by atoms with van der Waals surface area (Å²) in [6, 6.07) is 18.2. The molecule has 152 valence electrons. The number of methoxy groups -OCH3 is 1. The van der Waals surface area contributed by atoms with E-state index in [-0.39, 0.29) is 11.7 Å². The van der Waals surface area contributed by atoms with Crippen molar-refractivity contribution in [3.63, 3.8) is 0 Å². The number of phenolic OH excluding ortho intramolecular Hbond substituents is 1. The number of pyridine rings is 1. The number of aromatic hydroxyl groups is 1. The molecular weight excluding hydrogens is 378 g/mol. The Balaban J connectivity index is 1.52. The molecule has 2 N–H and O–H groups in total. The van der Waals surface area contributed by atoms with Crippen molar-refractivity contribution in [2.45, 2.75) is 6.42 Å². The third-order valence-corrected chi connectivity index (χ3v) is 5.13. The topological polar surface area (TPSA) is 74.7 Å². The fourth-order valence-electron chi connectivity index (χ4n) is 3.51. The zero-order valence-corrected chi connectivity index (χ0v) is 16.7. The number of hydrogen-bond acceptors (Lipinski definition) is 5. The summed E-state index contributed by atoms with van der Waals surface area (Å²) in [5, 5.41) is 12.7. The van der Waals surface area contributed by atoms with E-state index in [4.69, 9.17) is 4.74 Å². The van der Waals surface area contributed by atoms with Gasteiger partial charge in [0.15, 0.2) is 0 Å².